The summed E-state index contributed by atoms with van der Waals surface area (Å²) in [6.45, 7) is 3.93. The number of nitrogens with zero attached hydrogens (tertiary/aromatic N) is 1. The van der Waals surface area contributed by atoms with Crippen molar-refractivity contribution in [1.82, 2.24) is 0 Å². The molecule has 0 saturated heterocycles. The molecule has 0 heterocycles. The van der Waals surface area contributed by atoms with Gasteiger partial charge in [0.05, 0.1) is 0 Å². The Balaban J connectivity index is 2.30. The molecule has 0 radical (unpaired) electrons. The van der Waals surface area contributed by atoms with Crippen molar-refractivity contribution in [2.75, 3.05) is 0 Å². The zero-order valence-corrected chi connectivity index (χ0v) is 14.4. The first-order valence-electron chi connectivity index (χ1n) is 6.98. The molecule has 0 saturated carbocycles. The van der Waals surface area contributed by atoms with E-state index < -0.39 is 4.31 Å². The number of nitriles is 1. The van der Waals surface area contributed by atoms with Gasteiger partial charge in [0, 0.05) is 0 Å². The Hall–Kier alpha value is -2.08. The third-order valence-electron chi connectivity index (χ3n) is 3.55. The number of carbonyl (C=O) groups is 1. The van der Waals surface area contributed by atoms with Crippen LogP contribution in [-0.4, -0.2) is 20.9 Å². The second kappa shape index (κ2) is 6.79. The Morgan fingerprint density at radius 1 is 1.23 bits per heavy atom. The van der Waals surface area contributed by atoms with Gasteiger partial charge in [-0.3, -0.25) is 0 Å². The Bertz CT molecular complexity index is 719. The van der Waals surface area contributed by atoms with Crippen LogP contribution < -0.4 is 10.2 Å². The molecule has 1 amide bonds. The molecule has 0 aliphatic carbocycles. The first-order valence-corrected chi connectivity index (χ1v) is 8.69. The maximum atomic E-state index is 12.1. The van der Waals surface area contributed by atoms with Crippen LogP contribution >= 0.6 is 0 Å². The van der Waals surface area contributed by atoms with Gasteiger partial charge >= 0.3 is 137 Å². The van der Waals surface area contributed by atoms with E-state index in [2.05, 4.69) is 6.07 Å². The average molecular weight is 357 g/mol. The van der Waals surface area contributed by atoms with Crippen LogP contribution in [0.15, 0.2) is 48.5 Å². The van der Waals surface area contributed by atoms with Crippen LogP contribution in [0.1, 0.15) is 23.6 Å². The van der Waals surface area contributed by atoms with E-state index in [0.717, 1.165) is 10.0 Å². The quantitative estimate of drug-likeness (QED) is 0.833. The molecule has 2 N–H and O–H groups in total. The maximum absolute atomic E-state index is 12.1. The summed E-state index contributed by atoms with van der Waals surface area (Å²) in [4.78, 5) is 12.1. The molecule has 0 aliphatic rings. The molecule has 22 heavy (non-hydrogen) atoms. The van der Waals surface area contributed by atoms with Crippen LogP contribution in [0.2, 0.25) is 4.31 Å². The number of amides is 1. The minimum absolute atomic E-state index is 0.102. The van der Waals surface area contributed by atoms with E-state index in [4.69, 9.17) is 5.73 Å². The Kier molecular flexibility index (Phi) is 5.03. The van der Waals surface area contributed by atoms with Crippen molar-refractivity contribution in [1.29, 1.82) is 5.26 Å². The molecule has 2 aromatic rings. The van der Waals surface area contributed by atoms with Crippen LogP contribution in [-0.2, 0) is 11.2 Å². The molecule has 1 atom stereocenters. The molecule has 2 rings (SSSR count). The topological polar surface area (TPSA) is 66.9 Å². The standard InChI is InChI=1S/C18H18N2OSe/c1-13-7-9-16(10-8-13)22-18(2,17(20)21)11-14-5-3-4-6-15(14)12-19/h3-10H,11H2,1-2H3,(H2,20,21). The van der Waals surface area contributed by atoms with Crippen molar-refractivity contribution >= 4 is 25.3 Å². The summed E-state index contributed by atoms with van der Waals surface area (Å²) in [5, 5.41) is 9.21. The van der Waals surface area contributed by atoms with Crippen molar-refractivity contribution in [3.8, 4) is 6.07 Å². The summed E-state index contributed by atoms with van der Waals surface area (Å²) >= 11 is -0.102. The molecule has 0 aromatic heterocycles. The van der Waals surface area contributed by atoms with Gasteiger partial charge in [-0.05, 0) is 0 Å². The van der Waals surface area contributed by atoms with Gasteiger partial charge in [0.15, 0.2) is 0 Å². The van der Waals surface area contributed by atoms with Gasteiger partial charge in [-0.15, -0.1) is 0 Å². The number of aryl methyl sites for hydroxylation is 1. The monoisotopic (exact) mass is 358 g/mol. The molecule has 0 fully saturated rings. The van der Waals surface area contributed by atoms with Crippen molar-refractivity contribution in [2.45, 2.75) is 24.6 Å². The van der Waals surface area contributed by atoms with Crippen LogP contribution in [0.4, 0.5) is 0 Å². The Morgan fingerprint density at radius 2 is 1.86 bits per heavy atom. The first-order chi connectivity index (χ1) is 10.4. The zero-order valence-electron chi connectivity index (χ0n) is 12.7. The van der Waals surface area contributed by atoms with E-state index >= 15 is 0 Å². The van der Waals surface area contributed by atoms with Gasteiger partial charge in [0.25, 0.3) is 0 Å². The number of nitrogens with two attached hydrogens (primary N) is 1. The molecule has 1 unspecified atom stereocenters. The SMILES string of the molecule is Cc1ccc([Se]C(C)(Cc2ccccc2C#N)C(N)=O)cc1. The molecular formula is C18H18N2OSe. The van der Waals surface area contributed by atoms with Crippen LogP contribution in [0, 0.1) is 18.3 Å². The average Bonchev–Trinajstić information content (AvgIpc) is 2.50. The number of hydrogen-bond donors (Lipinski definition) is 1. The van der Waals surface area contributed by atoms with Crippen molar-refractivity contribution in [3.63, 3.8) is 0 Å². The van der Waals surface area contributed by atoms with Crippen LogP contribution in [0.3, 0.4) is 0 Å². The van der Waals surface area contributed by atoms with Crippen LogP contribution in [0.25, 0.3) is 0 Å². The third-order valence-corrected chi connectivity index (χ3v) is 6.29. The molecule has 0 bridgehead atoms. The number of primary amides is 1. The molecule has 2 aromatic carbocycles. The fraction of sp³-hybridized carbons (Fsp3) is 0.222. The number of carbonyl (C=O) groups excluding carboxylic acids is 1. The van der Waals surface area contributed by atoms with E-state index in [-0.39, 0.29) is 20.9 Å². The van der Waals surface area contributed by atoms with Crippen molar-refractivity contribution in [3.05, 3.63) is 65.2 Å². The molecule has 0 aliphatic heterocycles. The molecule has 4 heteroatoms. The fourth-order valence-corrected chi connectivity index (χ4v) is 4.54. The van der Waals surface area contributed by atoms with E-state index in [1.54, 1.807) is 6.07 Å². The van der Waals surface area contributed by atoms with Gasteiger partial charge in [-0.2, -0.15) is 0 Å². The summed E-state index contributed by atoms with van der Waals surface area (Å²) in [5.74, 6) is -0.319. The summed E-state index contributed by atoms with van der Waals surface area (Å²) in [5.41, 5.74) is 8.35. The predicted octanol–water partition coefficient (Wildman–Crippen LogP) is 2.10. The van der Waals surface area contributed by atoms with E-state index in [1.807, 2.05) is 56.3 Å². The normalized spacial score (nSPS) is 13.1. The predicted molar refractivity (Wildman–Crippen MR) is 89.0 cm³/mol. The summed E-state index contributed by atoms with van der Waals surface area (Å²) < 4.78 is 0.476. The van der Waals surface area contributed by atoms with Gasteiger partial charge in [0.1, 0.15) is 0 Å². The minimum atomic E-state index is -0.658. The number of rotatable bonds is 5. The van der Waals surface area contributed by atoms with Crippen molar-refractivity contribution in [2.24, 2.45) is 5.73 Å². The summed E-state index contributed by atoms with van der Waals surface area (Å²) in [7, 11) is 0. The van der Waals surface area contributed by atoms with E-state index in [1.165, 1.54) is 5.56 Å². The zero-order chi connectivity index (χ0) is 16.2. The van der Waals surface area contributed by atoms with Gasteiger partial charge < -0.3 is 0 Å². The Labute approximate surface area is 137 Å². The molecular weight excluding hydrogens is 339 g/mol. The van der Waals surface area contributed by atoms with Gasteiger partial charge in [-0.1, -0.05) is 0 Å². The van der Waals surface area contributed by atoms with E-state index in [9.17, 15) is 10.1 Å². The molecule has 0 spiro atoms. The van der Waals surface area contributed by atoms with E-state index in [0.29, 0.717) is 12.0 Å². The second-order valence-electron chi connectivity index (χ2n) is 5.46. The molecule has 112 valence electrons. The van der Waals surface area contributed by atoms with Gasteiger partial charge in [0.2, 0.25) is 0 Å². The first kappa shape index (κ1) is 16.3. The van der Waals surface area contributed by atoms with Crippen molar-refractivity contribution < 1.29 is 4.79 Å². The number of benzene rings is 2. The summed E-state index contributed by atoms with van der Waals surface area (Å²) in [6, 6.07) is 17.7. The molecule has 3 nitrogen and oxygen atoms in total. The fourth-order valence-electron chi connectivity index (χ4n) is 2.19. The Morgan fingerprint density at radius 3 is 2.45 bits per heavy atom. The summed E-state index contributed by atoms with van der Waals surface area (Å²) in [6.07, 6.45) is 0.486. The van der Waals surface area contributed by atoms with Gasteiger partial charge in [-0.25, -0.2) is 0 Å². The third kappa shape index (κ3) is 3.76. The second-order valence-corrected chi connectivity index (χ2v) is 8.76. The number of hydrogen-bond acceptors (Lipinski definition) is 2. The van der Waals surface area contributed by atoms with Crippen LogP contribution in [0.5, 0.6) is 0 Å².